The fourth-order valence-electron chi connectivity index (χ4n) is 2.33. The van der Waals surface area contributed by atoms with Crippen molar-refractivity contribution in [2.75, 3.05) is 11.9 Å². The number of carbonyl (C=O) groups is 1. The standard InChI is InChI=1S/C19H16F2N4O/c20-14-7-4-8-15(21)17(14)25-19-23-12-10-16(24-19)18(26)22-11-9-13-5-2-1-3-6-13/h1-8,10,12H,9,11H2,(H,22,26)(H,23,24,25). The van der Waals surface area contributed by atoms with Crippen LogP contribution in [0.1, 0.15) is 16.1 Å². The number of hydrogen-bond donors (Lipinski definition) is 2. The highest BCUT2D eigenvalue weighted by molar-refractivity contribution is 5.92. The molecule has 2 N–H and O–H groups in total. The summed E-state index contributed by atoms with van der Waals surface area (Å²) < 4.78 is 27.4. The minimum Gasteiger partial charge on any atom is -0.350 e. The van der Waals surface area contributed by atoms with Gasteiger partial charge in [-0.1, -0.05) is 36.4 Å². The van der Waals surface area contributed by atoms with Crippen LogP contribution in [0.2, 0.25) is 0 Å². The van der Waals surface area contributed by atoms with Crippen LogP contribution < -0.4 is 10.6 Å². The van der Waals surface area contributed by atoms with Crippen LogP contribution in [0.5, 0.6) is 0 Å². The van der Waals surface area contributed by atoms with E-state index in [1.165, 1.54) is 18.3 Å². The van der Waals surface area contributed by atoms with Gasteiger partial charge in [0, 0.05) is 12.7 Å². The molecule has 0 saturated heterocycles. The van der Waals surface area contributed by atoms with Crippen LogP contribution in [0.15, 0.2) is 60.8 Å². The zero-order chi connectivity index (χ0) is 18.4. The molecule has 0 bridgehead atoms. The monoisotopic (exact) mass is 354 g/mol. The Labute approximate surface area is 149 Å². The van der Waals surface area contributed by atoms with Crippen molar-refractivity contribution < 1.29 is 13.6 Å². The molecule has 2 aromatic carbocycles. The van der Waals surface area contributed by atoms with Gasteiger partial charge in [-0.15, -0.1) is 0 Å². The number of anilines is 2. The van der Waals surface area contributed by atoms with E-state index in [0.29, 0.717) is 13.0 Å². The van der Waals surface area contributed by atoms with Crippen LogP contribution in [0.3, 0.4) is 0 Å². The lowest BCUT2D eigenvalue weighted by Gasteiger charge is -2.09. The minimum absolute atomic E-state index is 0.0651. The van der Waals surface area contributed by atoms with Crippen LogP contribution in [-0.2, 0) is 6.42 Å². The molecule has 0 unspecified atom stereocenters. The molecule has 1 aromatic heterocycles. The number of nitrogens with one attached hydrogen (secondary N) is 2. The Bertz CT molecular complexity index is 883. The molecular weight excluding hydrogens is 338 g/mol. The molecule has 132 valence electrons. The lowest BCUT2D eigenvalue weighted by molar-refractivity contribution is 0.0949. The Hall–Kier alpha value is -3.35. The number of benzene rings is 2. The largest absolute Gasteiger partial charge is 0.350 e. The Morgan fingerprint density at radius 3 is 2.42 bits per heavy atom. The zero-order valence-corrected chi connectivity index (χ0v) is 13.7. The molecule has 0 spiro atoms. The topological polar surface area (TPSA) is 66.9 Å². The summed E-state index contributed by atoms with van der Waals surface area (Å²) in [6, 6.07) is 14.7. The van der Waals surface area contributed by atoms with Gasteiger partial charge in [0.15, 0.2) is 0 Å². The average molecular weight is 354 g/mol. The third-order valence-electron chi connectivity index (χ3n) is 3.63. The summed E-state index contributed by atoms with van der Waals surface area (Å²) in [7, 11) is 0. The maximum atomic E-state index is 13.7. The van der Waals surface area contributed by atoms with Crippen molar-refractivity contribution in [3.63, 3.8) is 0 Å². The van der Waals surface area contributed by atoms with E-state index < -0.39 is 11.6 Å². The molecule has 0 fully saturated rings. The number of halogens is 2. The number of amides is 1. The fraction of sp³-hybridized carbons (Fsp3) is 0.105. The lowest BCUT2D eigenvalue weighted by atomic mass is 10.1. The molecule has 7 heteroatoms. The highest BCUT2D eigenvalue weighted by atomic mass is 19.1. The van der Waals surface area contributed by atoms with Crippen molar-refractivity contribution in [2.24, 2.45) is 0 Å². The second-order valence-corrected chi connectivity index (χ2v) is 5.48. The van der Waals surface area contributed by atoms with Gasteiger partial charge in [0.2, 0.25) is 5.95 Å². The van der Waals surface area contributed by atoms with E-state index in [4.69, 9.17) is 0 Å². The van der Waals surface area contributed by atoms with Crippen molar-refractivity contribution in [1.29, 1.82) is 0 Å². The van der Waals surface area contributed by atoms with Gasteiger partial charge in [-0.25, -0.2) is 18.7 Å². The maximum absolute atomic E-state index is 13.7. The van der Waals surface area contributed by atoms with Gasteiger partial charge in [0.25, 0.3) is 5.91 Å². The second kappa shape index (κ2) is 8.15. The third-order valence-corrected chi connectivity index (χ3v) is 3.63. The van der Waals surface area contributed by atoms with E-state index in [1.54, 1.807) is 0 Å². The van der Waals surface area contributed by atoms with E-state index in [1.807, 2.05) is 30.3 Å². The van der Waals surface area contributed by atoms with E-state index >= 15 is 0 Å². The molecule has 0 atom stereocenters. The summed E-state index contributed by atoms with van der Waals surface area (Å²) in [5.74, 6) is -2.00. The summed E-state index contributed by atoms with van der Waals surface area (Å²) in [4.78, 5) is 20.1. The van der Waals surface area contributed by atoms with Crippen molar-refractivity contribution in [3.05, 3.63) is 83.7 Å². The Kier molecular flexibility index (Phi) is 5.48. The normalized spacial score (nSPS) is 10.4. The molecule has 3 aromatic rings. The van der Waals surface area contributed by atoms with Crippen LogP contribution in [-0.4, -0.2) is 22.4 Å². The molecule has 0 radical (unpaired) electrons. The van der Waals surface area contributed by atoms with E-state index in [-0.39, 0.29) is 23.2 Å². The molecule has 3 rings (SSSR count). The molecule has 0 aliphatic carbocycles. The van der Waals surface area contributed by atoms with Crippen LogP contribution in [0.4, 0.5) is 20.4 Å². The molecule has 0 saturated carbocycles. The molecule has 1 amide bonds. The van der Waals surface area contributed by atoms with Crippen molar-refractivity contribution in [3.8, 4) is 0 Å². The average Bonchev–Trinajstić information content (AvgIpc) is 2.66. The predicted octanol–water partition coefficient (Wildman–Crippen LogP) is 3.47. The van der Waals surface area contributed by atoms with E-state index in [2.05, 4.69) is 20.6 Å². The number of hydrogen-bond acceptors (Lipinski definition) is 4. The summed E-state index contributed by atoms with van der Waals surface area (Å²) >= 11 is 0. The highest BCUT2D eigenvalue weighted by Gasteiger charge is 2.12. The summed E-state index contributed by atoms with van der Waals surface area (Å²) in [6.07, 6.45) is 2.03. The van der Waals surface area contributed by atoms with Gasteiger partial charge in [-0.3, -0.25) is 4.79 Å². The third kappa shape index (κ3) is 4.38. The molecule has 5 nitrogen and oxygen atoms in total. The number of carbonyl (C=O) groups excluding carboxylic acids is 1. The highest BCUT2D eigenvalue weighted by Crippen LogP contribution is 2.21. The SMILES string of the molecule is O=C(NCCc1ccccc1)c1ccnc(Nc2c(F)cccc2F)n1. The molecule has 0 aliphatic heterocycles. The van der Waals surface area contributed by atoms with Gasteiger partial charge < -0.3 is 10.6 Å². The second-order valence-electron chi connectivity index (χ2n) is 5.48. The number of aromatic nitrogens is 2. The smallest absolute Gasteiger partial charge is 0.270 e. The van der Waals surface area contributed by atoms with Crippen LogP contribution >= 0.6 is 0 Å². The lowest BCUT2D eigenvalue weighted by Crippen LogP contribution is -2.26. The maximum Gasteiger partial charge on any atom is 0.270 e. The van der Waals surface area contributed by atoms with Crippen molar-refractivity contribution >= 4 is 17.5 Å². The Morgan fingerprint density at radius 1 is 0.962 bits per heavy atom. The predicted molar refractivity (Wildman–Crippen MR) is 94.2 cm³/mol. The quantitative estimate of drug-likeness (QED) is 0.711. The van der Waals surface area contributed by atoms with Gasteiger partial charge >= 0.3 is 0 Å². The number of para-hydroxylation sites is 1. The number of rotatable bonds is 6. The van der Waals surface area contributed by atoms with Gasteiger partial charge in [0.1, 0.15) is 23.0 Å². The fourth-order valence-corrected chi connectivity index (χ4v) is 2.33. The Morgan fingerprint density at radius 2 is 1.69 bits per heavy atom. The summed E-state index contributed by atoms with van der Waals surface area (Å²) in [6.45, 7) is 0.442. The van der Waals surface area contributed by atoms with Gasteiger partial charge in [0.05, 0.1) is 0 Å². The van der Waals surface area contributed by atoms with Crippen molar-refractivity contribution in [2.45, 2.75) is 6.42 Å². The van der Waals surface area contributed by atoms with Gasteiger partial charge in [-0.05, 0) is 30.2 Å². The molecule has 0 aliphatic rings. The summed E-state index contributed by atoms with van der Waals surface area (Å²) in [5.41, 5.74) is 0.842. The van der Waals surface area contributed by atoms with E-state index in [9.17, 15) is 13.6 Å². The zero-order valence-electron chi connectivity index (χ0n) is 13.7. The summed E-state index contributed by atoms with van der Waals surface area (Å²) in [5, 5.41) is 5.22. The first kappa shape index (κ1) is 17.5. The number of nitrogens with zero attached hydrogens (tertiary/aromatic N) is 2. The molecule has 1 heterocycles. The molecule has 26 heavy (non-hydrogen) atoms. The molecular formula is C19H16F2N4O. The van der Waals surface area contributed by atoms with Crippen LogP contribution in [0.25, 0.3) is 0 Å². The van der Waals surface area contributed by atoms with Crippen molar-refractivity contribution in [1.82, 2.24) is 15.3 Å². The minimum atomic E-state index is -0.772. The Balaban J connectivity index is 1.64. The van der Waals surface area contributed by atoms with Gasteiger partial charge in [-0.2, -0.15) is 0 Å². The first-order valence-corrected chi connectivity index (χ1v) is 7.99. The van der Waals surface area contributed by atoms with Crippen LogP contribution in [0, 0.1) is 11.6 Å². The first-order chi connectivity index (χ1) is 12.6. The van der Waals surface area contributed by atoms with E-state index in [0.717, 1.165) is 17.7 Å². The first-order valence-electron chi connectivity index (χ1n) is 7.99.